The first-order chi connectivity index (χ1) is 12.6. The maximum Gasteiger partial charge on any atom is 0.173 e. The Balaban J connectivity index is 1.64. The number of halogens is 1. The number of hydrogen-bond donors (Lipinski definition) is 0. The van der Waals surface area contributed by atoms with Gasteiger partial charge >= 0.3 is 0 Å². The predicted molar refractivity (Wildman–Crippen MR) is 97.7 cm³/mol. The number of hydrogen-bond acceptors (Lipinski definition) is 3. The second kappa shape index (κ2) is 5.49. The van der Waals surface area contributed by atoms with E-state index in [-0.39, 0.29) is 5.82 Å². The van der Waals surface area contributed by atoms with E-state index < -0.39 is 0 Å². The Kier molecular flexibility index (Phi) is 3.22. The molecule has 5 rings (SSSR count). The topological polar surface area (TPSA) is 47.5 Å². The lowest BCUT2D eigenvalue weighted by Gasteiger charge is -2.06. The monoisotopic (exact) mass is 347 g/mol. The minimum atomic E-state index is -0.332. The minimum Gasteiger partial charge on any atom is -0.304 e. The van der Waals surface area contributed by atoms with Crippen LogP contribution in [0.4, 0.5) is 4.39 Å². The summed E-state index contributed by atoms with van der Waals surface area (Å²) in [5, 5.41) is 4.60. The van der Waals surface area contributed by atoms with Crippen LogP contribution >= 0.6 is 0 Å². The summed E-state index contributed by atoms with van der Waals surface area (Å²) >= 11 is 0. The molecule has 0 aromatic carbocycles. The van der Waals surface area contributed by atoms with Gasteiger partial charge in [0.25, 0.3) is 0 Å². The van der Waals surface area contributed by atoms with Crippen molar-refractivity contribution in [3.05, 3.63) is 65.6 Å². The van der Waals surface area contributed by atoms with Gasteiger partial charge in [-0.05, 0) is 44.4 Å². The average Bonchev–Trinajstić information content (AvgIpc) is 3.32. The van der Waals surface area contributed by atoms with Gasteiger partial charge in [-0.15, -0.1) is 0 Å². The van der Waals surface area contributed by atoms with Crippen LogP contribution in [-0.2, 0) is 0 Å². The Morgan fingerprint density at radius 2 is 1.81 bits per heavy atom. The van der Waals surface area contributed by atoms with E-state index in [9.17, 15) is 4.39 Å². The molecule has 6 heteroatoms. The number of allylic oxidation sites excluding steroid dienone is 2. The number of imidazole rings is 2. The molecule has 0 N–H and O–H groups in total. The highest BCUT2D eigenvalue weighted by Gasteiger charge is 2.18. The van der Waals surface area contributed by atoms with E-state index in [0.717, 1.165) is 41.0 Å². The van der Waals surface area contributed by atoms with Crippen molar-refractivity contribution in [1.82, 2.24) is 24.0 Å². The average molecular weight is 347 g/mol. The van der Waals surface area contributed by atoms with Gasteiger partial charge in [0, 0.05) is 23.9 Å². The molecule has 0 saturated carbocycles. The summed E-state index contributed by atoms with van der Waals surface area (Å²) in [6.45, 7) is 3.93. The van der Waals surface area contributed by atoms with Crippen LogP contribution in [0.3, 0.4) is 0 Å². The van der Waals surface area contributed by atoms with Crippen LogP contribution in [0.15, 0.2) is 42.9 Å². The van der Waals surface area contributed by atoms with Crippen LogP contribution < -0.4 is 0 Å². The van der Waals surface area contributed by atoms with Crippen LogP contribution in [0.5, 0.6) is 0 Å². The molecule has 0 fully saturated rings. The Labute approximate surface area is 149 Å². The number of rotatable bonds is 2. The van der Waals surface area contributed by atoms with E-state index in [2.05, 4.69) is 27.2 Å². The minimum absolute atomic E-state index is 0.332. The fourth-order valence-corrected chi connectivity index (χ4v) is 3.66. The molecule has 130 valence electrons. The molecular weight excluding hydrogens is 329 g/mol. The molecule has 0 saturated heterocycles. The van der Waals surface area contributed by atoms with Crippen molar-refractivity contribution < 1.29 is 4.39 Å². The molecule has 0 bridgehead atoms. The van der Waals surface area contributed by atoms with Crippen molar-refractivity contribution in [2.45, 2.75) is 32.6 Å². The summed E-state index contributed by atoms with van der Waals surface area (Å²) in [7, 11) is 0. The number of nitrogens with zero attached hydrogens (tertiary/aromatic N) is 5. The van der Waals surface area contributed by atoms with Crippen molar-refractivity contribution in [3.63, 3.8) is 0 Å². The van der Waals surface area contributed by atoms with Crippen LogP contribution in [0, 0.1) is 19.7 Å². The third-order valence-electron chi connectivity index (χ3n) is 4.98. The van der Waals surface area contributed by atoms with Crippen LogP contribution in [0.25, 0.3) is 22.6 Å². The summed E-state index contributed by atoms with van der Waals surface area (Å²) in [5.41, 5.74) is 5.48. The van der Waals surface area contributed by atoms with Gasteiger partial charge in [-0.2, -0.15) is 5.10 Å². The third kappa shape index (κ3) is 2.33. The highest BCUT2D eigenvalue weighted by Crippen LogP contribution is 2.30. The maximum atomic E-state index is 14.7. The molecule has 0 unspecified atom stereocenters. The first kappa shape index (κ1) is 15.3. The molecule has 1 aliphatic carbocycles. The summed E-state index contributed by atoms with van der Waals surface area (Å²) in [6, 6.07) is 3.46. The summed E-state index contributed by atoms with van der Waals surface area (Å²) < 4.78 is 18.2. The highest BCUT2D eigenvalue weighted by atomic mass is 19.1. The lowest BCUT2D eigenvalue weighted by Crippen LogP contribution is -1.98. The molecular formula is C20H18FN5. The number of aromatic nitrogens is 5. The van der Waals surface area contributed by atoms with Crippen LogP contribution in [-0.4, -0.2) is 24.0 Å². The Bertz CT molecular complexity index is 1180. The zero-order chi connectivity index (χ0) is 17.8. The predicted octanol–water partition coefficient (Wildman–Crippen LogP) is 4.23. The van der Waals surface area contributed by atoms with Gasteiger partial charge in [-0.3, -0.25) is 0 Å². The van der Waals surface area contributed by atoms with Crippen molar-refractivity contribution >= 4 is 11.3 Å². The third-order valence-corrected chi connectivity index (χ3v) is 4.98. The van der Waals surface area contributed by atoms with E-state index in [0.29, 0.717) is 17.3 Å². The van der Waals surface area contributed by atoms with Crippen molar-refractivity contribution in [1.29, 1.82) is 0 Å². The summed E-state index contributed by atoms with van der Waals surface area (Å²) in [6.07, 6.45) is 12.0. The van der Waals surface area contributed by atoms with Crippen molar-refractivity contribution in [2.24, 2.45) is 0 Å². The van der Waals surface area contributed by atoms with Gasteiger partial charge in [0.05, 0.1) is 23.3 Å². The molecule has 0 radical (unpaired) electrons. The Hall–Kier alpha value is -3.02. The normalized spacial score (nSPS) is 14.9. The Morgan fingerprint density at radius 1 is 1.00 bits per heavy atom. The zero-order valence-electron chi connectivity index (χ0n) is 14.6. The second-order valence-corrected chi connectivity index (χ2v) is 6.98. The van der Waals surface area contributed by atoms with Gasteiger partial charge < -0.3 is 4.40 Å². The fourth-order valence-electron chi connectivity index (χ4n) is 3.66. The first-order valence-corrected chi connectivity index (χ1v) is 8.75. The van der Waals surface area contributed by atoms with E-state index >= 15 is 0 Å². The molecule has 0 aliphatic heterocycles. The fraction of sp³-hybridized carbons (Fsp3) is 0.250. The van der Waals surface area contributed by atoms with Crippen LogP contribution in [0.1, 0.15) is 35.7 Å². The number of pyridine rings is 1. The van der Waals surface area contributed by atoms with E-state index in [1.54, 1.807) is 8.92 Å². The number of fused-ring (bicyclic) bond motifs is 2. The summed E-state index contributed by atoms with van der Waals surface area (Å²) in [5.74, 6) is 0.0180. The SMILES string of the molecule is Cc1cn2nc(-c3cc(F)c4nc(C5CC=CC5)cn4c3)cc(C)c2n1. The zero-order valence-corrected chi connectivity index (χ0v) is 14.6. The smallest absolute Gasteiger partial charge is 0.173 e. The lowest BCUT2D eigenvalue weighted by atomic mass is 10.0. The quantitative estimate of drug-likeness (QED) is 0.510. The van der Waals surface area contributed by atoms with Gasteiger partial charge in [0.15, 0.2) is 17.1 Å². The second-order valence-electron chi connectivity index (χ2n) is 6.98. The van der Waals surface area contributed by atoms with Gasteiger partial charge in [-0.25, -0.2) is 18.9 Å². The van der Waals surface area contributed by atoms with Crippen molar-refractivity contribution in [3.8, 4) is 11.3 Å². The van der Waals surface area contributed by atoms with Gasteiger partial charge in [0.2, 0.25) is 0 Å². The molecule has 1 aliphatic rings. The molecule has 0 atom stereocenters. The molecule has 0 amide bonds. The molecule has 4 heterocycles. The van der Waals surface area contributed by atoms with E-state index in [4.69, 9.17) is 0 Å². The molecule has 5 nitrogen and oxygen atoms in total. The van der Waals surface area contributed by atoms with Gasteiger partial charge in [0.1, 0.15) is 0 Å². The molecule has 4 aromatic heterocycles. The van der Waals surface area contributed by atoms with Crippen molar-refractivity contribution in [2.75, 3.05) is 0 Å². The highest BCUT2D eigenvalue weighted by molar-refractivity contribution is 5.64. The molecule has 0 spiro atoms. The standard InChI is InChI=1S/C20H18FN5/c1-12-7-17(24-26-9-13(2)22-19(12)26)15-8-16(21)20-23-18(11-25(20)10-15)14-5-3-4-6-14/h3-4,7-11,14H,5-6H2,1-2H3. The largest absolute Gasteiger partial charge is 0.304 e. The van der Waals surface area contributed by atoms with Gasteiger partial charge in [-0.1, -0.05) is 12.2 Å². The molecule has 26 heavy (non-hydrogen) atoms. The first-order valence-electron chi connectivity index (χ1n) is 8.75. The Morgan fingerprint density at radius 3 is 2.62 bits per heavy atom. The van der Waals surface area contributed by atoms with E-state index in [1.165, 1.54) is 6.07 Å². The van der Waals surface area contributed by atoms with Crippen LogP contribution in [0.2, 0.25) is 0 Å². The maximum absolute atomic E-state index is 14.7. The number of aryl methyl sites for hydroxylation is 2. The molecule has 4 aromatic rings. The summed E-state index contributed by atoms with van der Waals surface area (Å²) in [4.78, 5) is 8.98. The lowest BCUT2D eigenvalue weighted by molar-refractivity contribution is 0.629. The van der Waals surface area contributed by atoms with E-state index in [1.807, 2.05) is 38.5 Å².